The summed E-state index contributed by atoms with van der Waals surface area (Å²) in [5, 5.41) is 13.7. The van der Waals surface area contributed by atoms with Crippen LogP contribution in [0.3, 0.4) is 0 Å². The Labute approximate surface area is 142 Å². The SMILES string of the molecule is CNc1ccc(C(=O)OC(C)C(=O)c2ccc(F)cc2)cc1[N+](=O)[O-]. The number of anilines is 1. The van der Waals surface area contributed by atoms with Crippen molar-refractivity contribution in [1.29, 1.82) is 0 Å². The number of hydrogen-bond acceptors (Lipinski definition) is 6. The predicted octanol–water partition coefficient (Wildman–Crippen LogP) is 3.20. The second-order valence-electron chi connectivity index (χ2n) is 5.16. The van der Waals surface area contributed by atoms with Crippen LogP contribution in [0.25, 0.3) is 0 Å². The summed E-state index contributed by atoms with van der Waals surface area (Å²) in [7, 11) is 1.52. The summed E-state index contributed by atoms with van der Waals surface area (Å²) in [6, 6.07) is 8.63. The van der Waals surface area contributed by atoms with Gasteiger partial charge in [-0.25, -0.2) is 9.18 Å². The number of Topliss-reactive ketones (excluding diaryl/α,β-unsaturated/α-hetero) is 1. The van der Waals surface area contributed by atoms with E-state index in [1.165, 1.54) is 38.2 Å². The van der Waals surface area contributed by atoms with Gasteiger partial charge in [-0.3, -0.25) is 14.9 Å². The molecule has 2 aromatic carbocycles. The Morgan fingerprint density at radius 1 is 1.16 bits per heavy atom. The van der Waals surface area contributed by atoms with Crippen LogP contribution >= 0.6 is 0 Å². The standard InChI is InChI=1S/C17H15FN2O5/c1-10(16(21)11-3-6-13(18)7-4-11)25-17(22)12-5-8-14(19-2)15(9-12)20(23)24/h3-10,19H,1-2H3. The van der Waals surface area contributed by atoms with E-state index in [1.54, 1.807) is 0 Å². The fraction of sp³-hybridized carbons (Fsp3) is 0.176. The van der Waals surface area contributed by atoms with Gasteiger partial charge in [-0.05, 0) is 43.3 Å². The van der Waals surface area contributed by atoms with E-state index in [0.717, 1.165) is 18.2 Å². The Bertz CT molecular complexity index is 820. The van der Waals surface area contributed by atoms with Crippen LogP contribution in [0, 0.1) is 15.9 Å². The van der Waals surface area contributed by atoms with Crippen LogP contribution in [-0.4, -0.2) is 29.8 Å². The number of halogens is 1. The summed E-state index contributed by atoms with van der Waals surface area (Å²) in [5.74, 6) is -1.86. The molecule has 0 bridgehead atoms. The quantitative estimate of drug-likeness (QED) is 0.373. The normalized spacial score (nSPS) is 11.5. The van der Waals surface area contributed by atoms with Gasteiger partial charge in [-0.2, -0.15) is 0 Å². The summed E-state index contributed by atoms with van der Waals surface area (Å²) in [6.45, 7) is 1.37. The van der Waals surface area contributed by atoms with E-state index in [4.69, 9.17) is 4.74 Å². The molecule has 0 amide bonds. The highest BCUT2D eigenvalue weighted by Crippen LogP contribution is 2.25. The summed E-state index contributed by atoms with van der Waals surface area (Å²) in [6.07, 6.45) is -1.12. The van der Waals surface area contributed by atoms with Crippen molar-refractivity contribution < 1.29 is 23.6 Å². The number of nitro groups is 1. The average molecular weight is 346 g/mol. The van der Waals surface area contributed by atoms with Crippen molar-refractivity contribution in [3.63, 3.8) is 0 Å². The van der Waals surface area contributed by atoms with Gasteiger partial charge in [-0.1, -0.05) is 0 Å². The third-order valence-corrected chi connectivity index (χ3v) is 3.48. The van der Waals surface area contributed by atoms with Crippen LogP contribution in [0.4, 0.5) is 15.8 Å². The van der Waals surface area contributed by atoms with Gasteiger partial charge in [0, 0.05) is 18.7 Å². The zero-order valence-electron chi connectivity index (χ0n) is 13.5. The van der Waals surface area contributed by atoms with E-state index in [-0.39, 0.29) is 22.5 Å². The molecule has 130 valence electrons. The molecule has 2 aromatic rings. The molecule has 0 fully saturated rings. The zero-order chi connectivity index (χ0) is 18.6. The fourth-order valence-electron chi connectivity index (χ4n) is 2.15. The Hall–Kier alpha value is -3.29. The number of carbonyl (C=O) groups is 2. The lowest BCUT2D eigenvalue weighted by Gasteiger charge is -2.13. The Balaban J connectivity index is 2.15. The molecule has 8 heteroatoms. The molecule has 0 heterocycles. The number of nitro benzene ring substituents is 1. The van der Waals surface area contributed by atoms with E-state index >= 15 is 0 Å². The first kappa shape index (κ1) is 18.1. The number of esters is 1. The van der Waals surface area contributed by atoms with Crippen LogP contribution in [0.15, 0.2) is 42.5 Å². The molecule has 0 spiro atoms. The molecular formula is C17H15FN2O5. The molecule has 0 aliphatic rings. The molecule has 25 heavy (non-hydrogen) atoms. The lowest BCUT2D eigenvalue weighted by atomic mass is 10.1. The highest BCUT2D eigenvalue weighted by Gasteiger charge is 2.23. The highest BCUT2D eigenvalue weighted by atomic mass is 19.1. The molecule has 0 saturated carbocycles. The topological polar surface area (TPSA) is 98.5 Å². The summed E-state index contributed by atoms with van der Waals surface area (Å²) >= 11 is 0. The van der Waals surface area contributed by atoms with Crippen LogP contribution in [0.2, 0.25) is 0 Å². The van der Waals surface area contributed by atoms with Crippen molar-refractivity contribution in [1.82, 2.24) is 0 Å². The van der Waals surface area contributed by atoms with Gasteiger partial charge in [-0.15, -0.1) is 0 Å². The summed E-state index contributed by atoms with van der Waals surface area (Å²) < 4.78 is 18.0. The van der Waals surface area contributed by atoms with E-state index in [2.05, 4.69) is 5.32 Å². The maximum atomic E-state index is 12.9. The zero-order valence-corrected chi connectivity index (χ0v) is 13.5. The number of hydrogen-bond donors (Lipinski definition) is 1. The number of rotatable bonds is 6. The predicted molar refractivity (Wildman–Crippen MR) is 88.3 cm³/mol. The smallest absolute Gasteiger partial charge is 0.339 e. The molecule has 0 saturated heterocycles. The van der Waals surface area contributed by atoms with Gasteiger partial charge in [0.25, 0.3) is 5.69 Å². The monoisotopic (exact) mass is 346 g/mol. The molecule has 0 aromatic heterocycles. The minimum atomic E-state index is -1.12. The van der Waals surface area contributed by atoms with Gasteiger partial charge < -0.3 is 10.1 Å². The van der Waals surface area contributed by atoms with Crippen LogP contribution in [0.5, 0.6) is 0 Å². The number of ether oxygens (including phenoxy) is 1. The first-order valence-corrected chi connectivity index (χ1v) is 7.30. The number of benzene rings is 2. The van der Waals surface area contributed by atoms with E-state index in [9.17, 15) is 24.1 Å². The second-order valence-corrected chi connectivity index (χ2v) is 5.16. The Kier molecular flexibility index (Phi) is 5.43. The van der Waals surface area contributed by atoms with Gasteiger partial charge >= 0.3 is 5.97 Å². The first-order valence-electron chi connectivity index (χ1n) is 7.30. The molecule has 1 N–H and O–H groups in total. The van der Waals surface area contributed by atoms with Gasteiger partial charge in [0.1, 0.15) is 11.5 Å². The second kappa shape index (κ2) is 7.52. The Morgan fingerprint density at radius 3 is 2.32 bits per heavy atom. The highest BCUT2D eigenvalue weighted by molar-refractivity contribution is 6.01. The van der Waals surface area contributed by atoms with Crippen molar-refractivity contribution in [2.24, 2.45) is 0 Å². The lowest BCUT2D eigenvalue weighted by molar-refractivity contribution is -0.384. The van der Waals surface area contributed by atoms with E-state index in [0.29, 0.717) is 0 Å². The minimum absolute atomic E-state index is 0.0514. The van der Waals surface area contributed by atoms with Gasteiger partial charge in [0.15, 0.2) is 6.10 Å². The van der Waals surface area contributed by atoms with Crippen molar-refractivity contribution in [2.75, 3.05) is 12.4 Å². The molecule has 0 aliphatic carbocycles. The van der Waals surface area contributed by atoms with Crippen molar-refractivity contribution in [3.8, 4) is 0 Å². The number of nitrogens with one attached hydrogen (secondary N) is 1. The maximum Gasteiger partial charge on any atom is 0.339 e. The van der Waals surface area contributed by atoms with Gasteiger partial charge in [0.05, 0.1) is 10.5 Å². The van der Waals surface area contributed by atoms with Crippen LogP contribution in [0.1, 0.15) is 27.6 Å². The molecule has 0 aliphatic heterocycles. The van der Waals surface area contributed by atoms with Crippen LogP contribution in [-0.2, 0) is 4.74 Å². The summed E-state index contributed by atoms with van der Waals surface area (Å²) in [5.41, 5.74) is 0.106. The fourth-order valence-corrected chi connectivity index (χ4v) is 2.15. The van der Waals surface area contributed by atoms with Crippen molar-refractivity contribution >= 4 is 23.1 Å². The Morgan fingerprint density at radius 2 is 1.76 bits per heavy atom. The van der Waals surface area contributed by atoms with Crippen molar-refractivity contribution in [2.45, 2.75) is 13.0 Å². The van der Waals surface area contributed by atoms with Crippen LogP contribution < -0.4 is 5.32 Å². The molecule has 7 nitrogen and oxygen atoms in total. The lowest BCUT2D eigenvalue weighted by Crippen LogP contribution is -2.24. The average Bonchev–Trinajstić information content (AvgIpc) is 2.60. The first-order chi connectivity index (χ1) is 11.8. The summed E-state index contributed by atoms with van der Waals surface area (Å²) in [4.78, 5) is 34.7. The van der Waals surface area contributed by atoms with E-state index < -0.39 is 28.6 Å². The van der Waals surface area contributed by atoms with E-state index in [1.807, 2.05) is 0 Å². The largest absolute Gasteiger partial charge is 0.451 e. The van der Waals surface area contributed by atoms with Gasteiger partial charge in [0.2, 0.25) is 5.78 Å². The number of ketones is 1. The third-order valence-electron chi connectivity index (χ3n) is 3.48. The molecule has 2 rings (SSSR count). The molecular weight excluding hydrogens is 331 g/mol. The maximum absolute atomic E-state index is 12.9. The molecule has 0 radical (unpaired) electrons. The molecule has 1 unspecified atom stereocenters. The number of nitrogens with zero attached hydrogens (tertiary/aromatic N) is 1. The number of carbonyl (C=O) groups excluding carboxylic acids is 2. The molecule has 1 atom stereocenters. The minimum Gasteiger partial charge on any atom is -0.451 e. The van der Waals surface area contributed by atoms with Crippen molar-refractivity contribution in [3.05, 3.63) is 69.5 Å². The third kappa shape index (κ3) is 4.17.